The van der Waals surface area contributed by atoms with Gasteiger partial charge in [-0.2, -0.15) is 13.2 Å². The number of rotatable bonds is 3. The lowest BCUT2D eigenvalue weighted by molar-refractivity contribution is -0.137. The highest BCUT2D eigenvalue weighted by molar-refractivity contribution is 14.0. The van der Waals surface area contributed by atoms with Gasteiger partial charge in [0.15, 0.2) is 5.96 Å². The fraction of sp³-hybridized carbons (Fsp3) is 0.455. The summed E-state index contributed by atoms with van der Waals surface area (Å²) in [6.45, 7) is 6.88. The number of nitrogens with zero attached hydrogens (tertiary/aromatic N) is 4. The Morgan fingerprint density at radius 2 is 2.16 bits per heavy atom. The van der Waals surface area contributed by atoms with E-state index in [-0.39, 0.29) is 30.5 Å². The van der Waals surface area contributed by atoms with Crippen LogP contribution in [0.15, 0.2) is 48.0 Å². The number of hydrogen-bond donors (Lipinski definition) is 1. The van der Waals surface area contributed by atoms with Gasteiger partial charge in [0.2, 0.25) is 0 Å². The van der Waals surface area contributed by atoms with E-state index in [1.54, 1.807) is 12.3 Å². The molecule has 0 amide bonds. The molecular weight excluding hydrogens is 518 g/mol. The Labute approximate surface area is 198 Å². The molecule has 2 unspecified atom stereocenters. The number of piperidine rings is 1. The van der Waals surface area contributed by atoms with Crippen LogP contribution < -0.4 is 5.32 Å². The van der Waals surface area contributed by atoms with Crippen molar-refractivity contribution >= 4 is 29.9 Å². The molecule has 1 aromatic heterocycles. The van der Waals surface area contributed by atoms with Gasteiger partial charge in [-0.25, -0.2) is 9.98 Å². The number of likely N-dealkylation sites (tertiary alicyclic amines) is 1. The Hall–Kier alpha value is -2.22. The highest BCUT2D eigenvalue weighted by Gasteiger charge is 2.30. The first-order valence-electron chi connectivity index (χ1n) is 10.0. The van der Waals surface area contributed by atoms with Crippen molar-refractivity contribution in [3.63, 3.8) is 0 Å². The van der Waals surface area contributed by atoms with Crippen molar-refractivity contribution in [3.05, 3.63) is 54.1 Å². The molecule has 1 aliphatic rings. The largest absolute Gasteiger partial charge is 0.416 e. The number of alkyl halides is 3. The molecule has 5 nitrogen and oxygen atoms in total. The summed E-state index contributed by atoms with van der Waals surface area (Å²) < 4.78 is 40.6. The molecule has 31 heavy (non-hydrogen) atoms. The summed E-state index contributed by atoms with van der Waals surface area (Å²) in [5, 5.41) is 3.30. The third-order valence-corrected chi connectivity index (χ3v) is 5.19. The van der Waals surface area contributed by atoms with Gasteiger partial charge in [0.05, 0.1) is 17.9 Å². The first kappa shape index (κ1) is 25.0. The maximum absolute atomic E-state index is 12.8. The first-order chi connectivity index (χ1) is 14.4. The topological polar surface area (TPSA) is 45.5 Å². The van der Waals surface area contributed by atoms with Gasteiger partial charge in [0, 0.05) is 37.6 Å². The quantitative estimate of drug-likeness (QED) is 0.269. The molecule has 1 N–H and O–H groups in total. The summed E-state index contributed by atoms with van der Waals surface area (Å²) >= 11 is 0. The molecule has 2 atom stereocenters. The van der Waals surface area contributed by atoms with Crippen molar-refractivity contribution < 1.29 is 13.2 Å². The van der Waals surface area contributed by atoms with E-state index in [2.05, 4.69) is 43.5 Å². The Bertz CT molecular complexity index is 915. The SMILES string of the molecule is CCNC(=NCC#Cc1cccc(C(F)(F)F)c1)N1CCC(C)C(n2ccnc2)C1.I. The van der Waals surface area contributed by atoms with Crippen LogP contribution in [-0.4, -0.2) is 46.6 Å². The number of aromatic nitrogens is 2. The number of aliphatic imine (C=N–C) groups is 1. The first-order valence-corrected chi connectivity index (χ1v) is 10.0. The molecule has 0 saturated carbocycles. The second-order valence-corrected chi connectivity index (χ2v) is 7.34. The molecule has 168 valence electrons. The predicted molar refractivity (Wildman–Crippen MR) is 126 cm³/mol. The minimum Gasteiger partial charge on any atom is -0.356 e. The van der Waals surface area contributed by atoms with E-state index >= 15 is 0 Å². The van der Waals surface area contributed by atoms with E-state index < -0.39 is 11.7 Å². The second-order valence-electron chi connectivity index (χ2n) is 7.34. The van der Waals surface area contributed by atoms with E-state index in [9.17, 15) is 13.2 Å². The Kier molecular flexibility index (Phi) is 9.22. The summed E-state index contributed by atoms with van der Waals surface area (Å²) in [7, 11) is 0. The zero-order valence-electron chi connectivity index (χ0n) is 17.6. The van der Waals surface area contributed by atoms with Crippen molar-refractivity contribution in [3.8, 4) is 11.8 Å². The van der Waals surface area contributed by atoms with Gasteiger partial charge in [0.1, 0.15) is 6.54 Å². The molecule has 1 saturated heterocycles. The van der Waals surface area contributed by atoms with Crippen molar-refractivity contribution in [2.45, 2.75) is 32.5 Å². The number of halogens is 4. The molecule has 0 bridgehead atoms. The predicted octanol–water partition coefficient (Wildman–Crippen LogP) is 4.42. The normalized spacial score (nSPS) is 19.3. The van der Waals surface area contributed by atoms with Gasteiger partial charge < -0.3 is 14.8 Å². The Morgan fingerprint density at radius 1 is 1.35 bits per heavy atom. The summed E-state index contributed by atoms with van der Waals surface area (Å²) in [5.41, 5.74) is -0.365. The Balaban J connectivity index is 0.00000341. The van der Waals surface area contributed by atoms with Crippen molar-refractivity contribution in [2.24, 2.45) is 10.9 Å². The van der Waals surface area contributed by atoms with Gasteiger partial charge in [-0.05, 0) is 37.5 Å². The number of hydrogen-bond acceptors (Lipinski definition) is 2. The van der Waals surface area contributed by atoms with Gasteiger partial charge in [-0.15, -0.1) is 24.0 Å². The van der Waals surface area contributed by atoms with Crippen LogP contribution in [0.5, 0.6) is 0 Å². The molecule has 2 aromatic rings. The van der Waals surface area contributed by atoms with Gasteiger partial charge in [-0.3, -0.25) is 0 Å². The van der Waals surface area contributed by atoms with Crippen LogP contribution >= 0.6 is 24.0 Å². The van der Waals surface area contributed by atoms with Crippen LogP contribution in [0, 0.1) is 17.8 Å². The number of nitrogens with one attached hydrogen (secondary N) is 1. The number of guanidine groups is 1. The average molecular weight is 545 g/mol. The molecular formula is C22H27F3IN5. The van der Waals surface area contributed by atoms with Gasteiger partial charge in [-0.1, -0.05) is 24.8 Å². The fourth-order valence-corrected chi connectivity index (χ4v) is 3.55. The monoisotopic (exact) mass is 545 g/mol. The highest BCUT2D eigenvalue weighted by atomic mass is 127. The standard InChI is InChI=1S/C22H26F3N5.HI/c1-3-27-21(29-12-9-17(2)20(15-29)30-13-11-26-16-30)28-10-5-7-18-6-4-8-19(14-18)22(23,24)25;/h4,6,8,11,13-14,16-17,20H,3,9-10,12,15H2,1-2H3,(H,27,28);1H. The molecule has 2 heterocycles. The molecule has 1 aromatic carbocycles. The third kappa shape index (κ3) is 6.89. The van der Waals surface area contributed by atoms with Crippen LogP contribution in [0.25, 0.3) is 0 Å². The van der Waals surface area contributed by atoms with E-state index in [4.69, 9.17) is 0 Å². The van der Waals surface area contributed by atoms with Crippen LogP contribution in [0.4, 0.5) is 13.2 Å². The van der Waals surface area contributed by atoms with Crippen molar-refractivity contribution in [1.29, 1.82) is 0 Å². The summed E-state index contributed by atoms with van der Waals surface area (Å²) in [4.78, 5) is 10.9. The minimum absolute atomic E-state index is 0. The zero-order chi connectivity index (χ0) is 21.6. The van der Waals surface area contributed by atoms with Crippen LogP contribution in [0.3, 0.4) is 0 Å². The van der Waals surface area contributed by atoms with Crippen LogP contribution in [0.2, 0.25) is 0 Å². The van der Waals surface area contributed by atoms with Gasteiger partial charge >= 0.3 is 6.18 Å². The molecule has 0 spiro atoms. The highest BCUT2D eigenvalue weighted by Crippen LogP contribution is 2.29. The van der Waals surface area contributed by atoms with Crippen LogP contribution in [0.1, 0.15) is 37.4 Å². The third-order valence-electron chi connectivity index (χ3n) is 5.19. The molecule has 9 heteroatoms. The van der Waals surface area contributed by atoms with E-state index in [1.807, 2.05) is 19.4 Å². The molecule has 3 rings (SSSR count). The smallest absolute Gasteiger partial charge is 0.356 e. The van der Waals surface area contributed by atoms with Crippen molar-refractivity contribution in [1.82, 2.24) is 19.8 Å². The lowest BCUT2D eigenvalue weighted by atomic mass is 9.93. The minimum atomic E-state index is -4.37. The molecule has 1 aliphatic heterocycles. The van der Waals surface area contributed by atoms with E-state index in [1.165, 1.54) is 6.07 Å². The van der Waals surface area contributed by atoms with Gasteiger partial charge in [0.25, 0.3) is 0 Å². The van der Waals surface area contributed by atoms with Crippen LogP contribution in [-0.2, 0) is 6.18 Å². The fourth-order valence-electron chi connectivity index (χ4n) is 3.55. The summed E-state index contributed by atoms with van der Waals surface area (Å²) in [6, 6.07) is 5.34. The number of imidazole rings is 1. The lowest BCUT2D eigenvalue weighted by Crippen LogP contribution is -2.49. The zero-order valence-corrected chi connectivity index (χ0v) is 19.9. The van der Waals surface area contributed by atoms with E-state index in [0.717, 1.165) is 44.1 Å². The average Bonchev–Trinajstić information content (AvgIpc) is 3.25. The summed E-state index contributed by atoms with van der Waals surface area (Å²) in [5.74, 6) is 6.95. The molecule has 0 radical (unpaired) electrons. The molecule has 0 aliphatic carbocycles. The Morgan fingerprint density at radius 3 is 2.84 bits per heavy atom. The number of benzene rings is 1. The van der Waals surface area contributed by atoms with Crippen molar-refractivity contribution in [2.75, 3.05) is 26.2 Å². The lowest BCUT2D eigenvalue weighted by Gasteiger charge is -2.39. The molecule has 1 fully saturated rings. The summed E-state index contributed by atoms with van der Waals surface area (Å²) in [6.07, 6.45) is 2.27. The second kappa shape index (κ2) is 11.4. The van der Waals surface area contributed by atoms with E-state index in [0.29, 0.717) is 17.5 Å². The maximum Gasteiger partial charge on any atom is 0.416 e. The maximum atomic E-state index is 12.8.